The number of hydrogen-bond acceptors (Lipinski definition) is 20. The van der Waals surface area contributed by atoms with Crippen molar-refractivity contribution in [3.8, 4) is 0 Å². The molecule has 24 nitrogen and oxygen atoms in total. The van der Waals surface area contributed by atoms with Gasteiger partial charge in [0.2, 0.25) is 0 Å². The zero-order chi connectivity index (χ0) is 97.6. The first-order valence-electron chi connectivity index (χ1n) is 45.0. The second-order valence-electron chi connectivity index (χ2n) is 36.5. The molecular formula is C100H116F12N16O8. The summed E-state index contributed by atoms with van der Waals surface area (Å²) in [4.78, 5) is 0. The highest BCUT2D eigenvalue weighted by Crippen LogP contribution is 2.46. The Bertz CT molecular complexity index is 5020. The maximum Gasteiger partial charge on any atom is 0.416 e. The summed E-state index contributed by atoms with van der Waals surface area (Å²) in [5, 5.41) is 86.2. The molecule has 8 aromatic carbocycles. The highest BCUT2D eigenvalue weighted by molar-refractivity contribution is 5.38. The van der Waals surface area contributed by atoms with Crippen LogP contribution in [-0.4, -0.2) is 159 Å². The van der Waals surface area contributed by atoms with Crippen LogP contribution < -0.4 is 21.3 Å². The molecule has 12 aromatic rings. The lowest BCUT2D eigenvalue weighted by atomic mass is 9.76. The molecule has 0 bridgehead atoms. The molecule has 0 unspecified atom stereocenters. The first-order chi connectivity index (χ1) is 64.7. The molecule has 4 saturated heterocycles. The van der Waals surface area contributed by atoms with Gasteiger partial charge in [-0.3, -0.25) is 0 Å². The Morgan fingerprint density at radius 3 is 0.603 bits per heavy atom. The van der Waals surface area contributed by atoms with E-state index in [4.69, 9.17) is 18.9 Å². The van der Waals surface area contributed by atoms with E-state index >= 15 is 0 Å². The summed E-state index contributed by atoms with van der Waals surface area (Å²) in [5.74, 6) is 0. The van der Waals surface area contributed by atoms with Gasteiger partial charge in [-0.1, -0.05) is 168 Å². The lowest BCUT2D eigenvalue weighted by Crippen LogP contribution is -2.60. The molecular weight excluding hydrogens is 1780 g/mol. The molecule has 4 aromatic heterocycles. The number of aromatic nitrogens is 12. The van der Waals surface area contributed by atoms with Crippen LogP contribution in [0.5, 0.6) is 0 Å². The first kappa shape index (κ1) is 102. The minimum Gasteiger partial charge on any atom is -0.394 e. The van der Waals surface area contributed by atoms with Crippen molar-refractivity contribution in [2.75, 3.05) is 79.0 Å². The first-order valence-corrected chi connectivity index (χ1v) is 45.0. The van der Waals surface area contributed by atoms with Crippen molar-refractivity contribution in [2.45, 2.75) is 200 Å². The molecule has 8 heterocycles. The molecule has 12 atom stereocenters. The minimum absolute atomic E-state index is 0.0797. The number of aryl methyl sites for hydroxylation is 4. The fourth-order valence-electron chi connectivity index (χ4n) is 18.5. The second-order valence-corrected chi connectivity index (χ2v) is 36.5. The van der Waals surface area contributed by atoms with Crippen molar-refractivity contribution in [2.24, 2.45) is 0 Å². The highest BCUT2D eigenvalue weighted by atomic mass is 19.4. The topological polar surface area (TPSA) is 289 Å². The minimum atomic E-state index is -4.41. The van der Waals surface area contributed by atoms with Crippen LogP contribution in [0.2, 0.25) is 0 Å². The maximum absolute atomic E-state index is 13.3. The number of nitrogens with zero attached hydrogens (tertiary/aromatic N) is 12. The van der Waals surface area contributed by atoms with Crippen LogP contribution in [0.3, 0.4) is 0 Å². The molecule has 728 valence electrons. The predicted molar refractivity (Wildman–Crippen MR) is 484 cm³/mol. The van der Waals surface area contributed by atoms with Gasteiger partial charge in [0.1, 0.15) is 50.6 Å². The molecule has 8 N–H and O–H groups in total. The fraction of sp³-hybridized carbons (Fsp3) is 0.440. The molecule has 36 heteroatoms. The molecule has 4 aliphatic heterocycles. The van der Waals surface area contributed by atoms with Crippen molar-refractivity contribution in [1.82, 2.24) is 80.3 Å². The molecule has 0 saturated carbocycles. The zero-order valence-corrected chi connectivity index (χ0v) is 76.9. The number of aliphatic hydroxyl groups excluding tert-OH is 4. The number of ether oxygens (including phenoxy) is 4. The van der Waals surface area contributed by atoms with Crippen LogP contribution in [0.15, 0.2) is 245 Å². The van der Waals surface area contributed by atoms with Crippen molar-refractivity contribution in [3.63, 3.8) is 0 Å². The average Bonchev–Trinajstić information content (AvgIpc) is 1.20. The van der Waals surface area contributed by atoms with Crippen molar-refractivity contribution in [1.29, 1.82) is 0 Å². The molecule has 4 aliphatic rings. The number of piperidine rings is 4. The average molecular weight is 1900 g/mol. The monoisotopic (exact) mass is 1900 g/mol. The Balaban J connectivity index is 0.000000153. The van der Waals surface area contributed by atoms with Gasteiger partial charge >= 0.3 is 24.7 Å². The molecule has 4 fully saturated rings. The van der Waals surface area contributed by atoms with Crippen LogP contribution in [0.25, 0.3) is 0 Å². The van der Waals surface area contributed by atoms with Gasteiger partial charge in [0.15, 0.2) is 0 Å². The maximum atomic E-state index is 13.3. The fourth-order valence-corrected chi connectivity index (χ4v) is 18.5. The van der Waals surface area contributed by atoms with Crippen LogP contribution in [0.4, 0.5) is 52.7 Å². The van der Waals surface area contributed by atoms with E-state index in [1.54, 1.807) is 130 Å². The summed E-state index contributed by atoms with van der Waals surface area (Å²) < 4.78 is 192. The third kappa shape index (κ3) is 23.9. The Morgan fingerprint density at radius 2 is 0.456 bits per heavy atom. The lowest BCUT2D eigenvalue weighted by molar-refractivity contribution is -0.138. The smallest absolute Gasteiger partial charge is 0.394 e. The van der Waals surface area contributed by atoms with Crippen molar-refractivity contribution in [3.05, 3.63) is 334 Å². The number of halogens is 12. The number of aliphatic hydroxyl groups is 4. The predicted octanol–water partition coefficient (Wildman–Crippen LogP) is 17.4. The van der Waals surface area contributed by atoms with Crippen LogP contribution in [0, 0.1) is 27.7 Å². The number of rotatable bonds is 28. The van der Waals surface area contributed by atoms with Gasteiger partial charge in [-0.25, -0.2) is 0 Å². The third-order valence-electron chi connectivity index (χ3n) is 27.3. The summed E-state index contributed by atoms with van der Waals surface area (Å²) in [7, 11) is 0. The number of benzene rings is 8. The van der Waals surface area contributed by atoms with Gasteiger partial charge in [0.25, 0.3) is 0 Å². The van der Waals surface area contributed by atoms with Gasteiger partial charge in [-0.15, -0.1) is 40.8 Å². The van der Waals surface area contributed by atoms with Gasteiger partial charge in [-0.2, -0.15) is 52.7 Å². The van der Waals surface area contributed by atoms with Crippen LogP contribution in [0.1, 0.15) is 192 Å². The Kier molecular flexibility index (Phi) is 32.3. The Labute approximate surface area is 781 Å². The van der Waals surface area contributed by atoms with Crippen LogP contribution >= 0.6 is 0 Å². The summed E-state index contributed by atoms with van der Waals surface area (Å²) in [6.07, 6.45) is -1.85. The Hall–Kier alpha value is -11.0. The second kappa shape index (κ2) is 42.9. The highest BCUT2D eigenvalue weighted by Gasteiger charge is 2.51. The molecule has 0 spiro atoms. The van der Waals surface area contributed by atoms with Crippen molar-refractivity contribution >= 4 is 0 Å². The van der Waals surface area contributed by atoms with E-state index in [1.807, 2.05) is 140 Å². The van der Waals surface area contributed by atoms with E-state index < -0.39 is 116 Å². The summed E-state index contributed by atoms with van der Waals surface area (Å²) in [6, 6.07) is 55.6. The summed E-state index contributed by atoms with van der Waals surface area (Å²) in [6.45, 7) is 16.2. The van der Waals surface area contributed by atoms with Crippen molar-refractivity contribution < 1.29 is 92.1 Å². The third-order valence-corrected chi connectivity index (χ3v) is 27.3. The number of hydrogen-bond donors (Lipinski definition) is 8. The number of nitrogens with one attached hydrogen (secondary N) is 4. The lowest BCUT2D eigenvalue weighted by Gasteiger charge is -2.47. The van der Waals surface area contributed by atoms with E-state index in [9.17, 15) is 73.1 Å². The Morgan fingerprint density at radius 1 is 0.279 bits per heavy atom. The van der Waals surface area contributed by atoms with E-state index in [0.29, 0.717) is 122 Å². The number of alkyl halides is 12. The quantitative estimate of drug-likeness (QED) is 0.0211. The standard InChI is InChI=1S/4C25H29F3N4O2/c4*1-18-10-20(12-22(11-18)25(26,27)28)19(2)34-15-24(21-6-4-3-5-7-21)9-8-23(14-33,13-29-24)32-16-30-31-17-32/h4*3-7,10-12,16-17,19,29,33H,8-9,13-15H2,1-2H3/t19-,23+,24+;19-,23+,24-;19-,23-,24+;19-,23-,24-/m0000/s1. The van der Waals surface area contributed by atoms with E-state index in [0.717, 1.165) is 70.8 Å². The van der Waals surface area contributed by atoms with E-state index in [1.165, 1.54) is 0 Å². The van der Waals surface area contributed by atoms with Gasteiger partial charge in [0, 0.05) is 26.2 Å². The molecule has 0 radical (unpaired) electrons. The van der Waals surface area contributed by atoms with Gasteiger partial charge in [-0.05, 0) is 200 Å². The van der Waals surface area contributed by atoms with Crippen LogP contribution in [-0.2, 0) is 88.0 Å². The molecule has 136 heavy (non-hydrogen) atoms. The largest absolute Gasteiger partial charge is 0.416 e. The summed E-state index contributed by atoms with van der Waals surface area (Å²) >= 11 is 0. The molecule has 0 aliphatic carbocycles. The van der Waals surface area contributed by atoms with Gasteiger partial charge < -0.3 is 78.9 Å². The van der Waals surface area contributed by atoms with E-state index in [2.05, 4.69) is 62.1 Å². The SMILES string of the molecule is Cc1cc([C@H](C)OC[C@@]2(c3ccccc3)CC[C@@](CO)(n3cnnc3)CN2)cc(C(F)(F)F)c1.Cc1cc([C@H](C)OC[C@@]2(c3ccccc3)CC[C@](CO)(n3cnnc3)CN2)cc(C(F)(F)F)c1.Cc1cc([C@H](C)OC[C@]2(c3ccccc3)CC[C@@](CO)(n3cnnc3)CN2)cc(C(F)(F)F)c1.Cc1cc([C@H](C)OC[C@]2(c3ccccc3)CC[C@](CO)(n3cnnc3)CN2)cc(C(F)(F)F)c1. The van der Waals surface area contributed by atoms with Gasteiger partial charge in [0.05, 0.1) is 144 Å². The normalized spacial score (nSPS) is 24.2. The molecule has 16 rings (SSSR count). The summed E-state index contributed by atoms with van der Waals surface area (Å²) in [5.41, 5.74) is 0.969. The van der Waals surface area contributed by atoms with E-state index in [-0.39, 0.29) is 52.9 Å². The molecule has 0 amide bonds. The zero-order valence-electron chi connectivity index (χ0n) is 76.9.